The summed E-state index contributed by atoms with van der Waals surface area (Å²) in [6.07, 6.45) is 0.245. The van der Waals surface area contributed by atoms with Crippen LogP contribution in [0.5, 0.6) is 5.75 Å². The van der Waals surface area contributed by atoms with Crippen molar-refractivity contribution in [2.24, 2.45) is 0 Å². The third-order valence-electron chi connectivity index (χ3n) is 2.92. The lowest BCUT2D eigenvalue weighted by atomic mass is 10.1. The van der Waals surface area contributed by atoms with E-state index in [1.165, 1.54) is 0 Å². The van der Waals surface area contributed by atoms with E-state index in [9.17, 15) is 9.90 Å². The second-order valence-electron chi connectivity index (χ2n) is 4.39. The molecule has 0 saturated carbocycles. The lowest BCUT2D eigenvalue weighted by molar-refractivity contribution is -0.117. The number of nitrogens with two attached hydrogens (primary N) is 1. The van der Waals surface area contributed by atoms with E-state index in [-0.39, 0.29) is 18.1 Å². The Bertz CT molecular complexity index is 579. The van der Waals surface area contributed by atoms with Gasteiger partial charge in [-0.3, -0.25) is 4.79 Å². The summed E-state index contributed by atoms with van der Waals surface area (Å²) in [4.78, 5) is 13.7. The van der Waals surface area contributed by atoms with Crippen LogP contribution in [0.15, 0.2) is 48.5 Å². The third-order valence-corrected chi connectivity index (χ3v) is 2.92. The van der Waals surface area contributed by atoms with E-state index in [1.54, 1.807) is 54.4 Å². The van der Waals surface area contributed by atoms with Crippen LogP contribution in [0.2, 0.25) is 0 Å². The zero-order valence-electron chi connectivity index (χ0n) is 10.7. The molecule has 2 rings (SSSR count). The van der Waals surface area contributed by atoms with Crippen molar-refractivity contribution < 1.29 is 9.90 Å². The van der Waals surface area contributed by atoms with Crippen LogP contribution in [-0.2, 0) is 11.2 Å². The summed E-state index contributed by atoms with van der Waals surface area (Å²) in [6.45, 7) is 0. The van der Waals surface area contributed by atoms with Crippen LogP contribution >= 0.6 is 0 Å². The Kier molecular flexibility index (Phi) is 3.71. The number of rotatable bonds is 3. The standard InChI is InChI=1S/C15H16N2O2/c1-17(13-7-5-12(16)6-8-13)15(19)10-11-3-2-4-14(18)9-11/h2-9,18H,10,16H2,1H3. The third kappa shape index (κ3) is 3.25. The molecule has 0 radical (unpaired) electrons. The average Bonchev–Trinajstić information content (AvgIpc) is 2.39. The molecule has 0 spiro atoms. The van der Waals surface area contributed by atoms with Gasteiger partial charge in [0.1, 0.15) is 5.75 Å². The van der Waals surface area contributed by atoms with E-state index in [4.69, 9.17) is 5.73 Å². The van der Waals surface area contributed by atoms with Crippen molar-refractivity contribution in [3.63, 3.8) is 0 Å². The van der Waals surface area contributed by atoms with Gasteiger partial charge in [-0.2, -0.15) is 0 Å². The van der Waals surface area contributed by atoms with Crippen molar-refractivity contribution >= 4 is 17.3 Å². The Morgan fingerprint density at radius 3 is 2.53 bits per heavy atom. The van der Waals surface area contributed by atoms with Crippen LogP contribution < -0.4 is 10.6 Å². The van der Waals surface area contributed by atoms with Crippen molar-refractivity contribution in [1.82, 2.24) is 0 Å². The fourth-order valence-electron chi connectivity index (χ4n) is 1.80. The first-order valence-electron chi connectivity index (χ1n) is 5.96. The monoisotopic (exact) mass is 256 g/mol. The molecule has 0 aliphatic heterocycles. The molecule has 0 aromatic heterocycles. The number of nitrogens with zero attached hydrogens (tertiary/aromatic N) is 1. The van der Waals surface area contributed by atoms with Gasteiger partial charge in [0.15, 0.2) is 0 Å². The van der Waals surface area contributed by atoms with E-state index >= 15 is 0 Å². The van der Waals surface area contributed by atoms with Crippen LogP contribution in [0.1, 0.15) is 5.56 Å². The summed E-state index contributed by atoms with van der Waals surface area (Å²) in [5, 5.41) is 9.37. The Balaban J connectivity index is 2.09. The van der Waals surface area contributed by atoms with Gasteiger partial charge in [0.25, 0.3) is 0 Å². The Morgan fingerprint density at radius 1 is 1.21 bits per heavy atom. The van der Waals surface area contributed by atoms with Gasteiger partial charge in [0, 0.05) is 18.4 Å². The molecule has 0 unspecified atom stereocenters. The zero-order chi connectivity index (χ0) is 13.8. The maximum atomic E-state index is 12.1. The predicted octanol–water partition coefficient (Wildman–Crippen LogP) is 2.18. The Labute approximate surface area is 112 Å². The number of carbonyl (C=O) groups is 1. The number of hydrogen-bond acceptors (Lipinski definition) is 3. The number of likely N-dealkylation sites (N-methyl/N-ethyl adjacent to an activating group) is 1. The molecule has 4 heteroatoms. The number of amides is 1. The number of nitrogen functional groups attached to an aromatic ring is 1. The summed E-state index contributed by atoms with van der Waals surface area (Å²) < 4.78 is 0. The topological polar surface area (TPSA) is 66.6 Å². The second-order valence-corrected chi connectivity index (χ2v) is 4.39. The van der Waals surface area contributed by atoms with E-state index in [0.29, 0.717) is 5.69 Å². The van der Waals surface area contributed by atoms with Gasteiger partial charge >= 0.3 is 0 Å². The first-order valence-corrected chi connectivity index (χ1v) is 5.96. The zero-order valence-corrected chi connectivity index (χ0v) is 10.7. The van der Waals surface area contributed by atoms with Crippen LogP contribution in [0.4, 0.5) is 11.4 Å². The molecule has 0 fully saturated rings. The smallest absolute Gasteiger partial charge is 0.231 e. The Hall–Kier alpha value is -2.49. The largest absolute Gasteiger partial charge is 0.508 e. The molecule has 2 aromatic rings. The summed E-state index contributed by atoms with van der Waals surface area (Å²) in [5.41, 5.74) is 7.85. The van der Waals surface area contributed by atoms with Gasteiger partial charge in [-0.25, -0.2) is 0 Å². The molecule has 2 aromatic carbocycles. The quantitative estimate of drug-likeness (QED) is 0.827. The van der Waals surface area contributed by atoms with E-state index in [0.717, 1.165) is 11.3 Å². The van der Waals surface area contributed by atoms with Crippen LogP contribution in [0, 0.1) is 0 Å². The van der Waals surface area contributed by atoms with Crippen LogP contribution in [0.3, 0.4) is 0 Å². The summed E-state index contributed by atoms with van der Waals surface area (Å²) in [7, 11) is 1.72. The van der Waals surface area contributed by atoms with E-state index in [1.807, 2.05) is 6.07 Å². The minimum Gasteiger partial charge on any atom is -0.508 e. The number of aromatic hydroxyl groups is 1. The normalized spacial score (nSPS) is 10.2. The summed E-state index contributed by atoms with van der Waals surface area (Å²) in [6, 6.07) is 13.8. The summed E-state index contributed by atoms with van der Waals surface area (Å²) in [5.74, 6) is 0.121. The SMILES string of the molecule is CN(C(=O)Cc1cccc(O)c1)c1ccc(N)cc1. The lowest BCUT2D eigenvalue weighted by Crippen LogP contribution is -2.27. The first kappa shape index (κ1) is 13.0. The maximum Gasteiger partial charge on any atom is 0.231 e. The Morgan fingerprint density at radius 2 is 1.89 bits per heavy atom. The van der Waals surface area contributed by atoms with Crippen molar-refractivity contribution in [1.29, 1.82) is 0 Å². The molecular weight excluding hydrogens is 240 g/mol. The van der Waals surface area contributed by atoms with Gasteiger partial charge in [-0.1, -0.05) is 12.1 Å². The minimum atomic E-state index is -0.0460. The maximum absolute atomic E-state index is 12.1. The highest BCUT2D eigenvalue weighted by molar-refractivity contribution is 5.94. The number of carbonyl (C=O) groups excluding carboxylic acids is 1. The number of anilines is 2. The fourth-order valence-corrected chi connectivity index (χ4v) is 1.80. The molecular formula is C15H16N2O2. The highest BCUT2D eigenvalue weighted by Crippen LogP contribution is 2.17. The highest BCUT2D eigenvalue weighted by Gasteiger charge is 2.11. The first-order chi connectivity index (χ1) is 9.06. The molecule has 1 amide bonds. The van der Waals surface area contributed by atoms with Crippen molar-refractivity contribution in [3.8, 4) is 5.75 Å². The molecule has 0 aliphatic carbocycles. The van der Waals surface area contributed by atoms with Crippen LogP contribution in [-0.4, -0.2) is 18.1 Å². The van der Waals surface area contributed by atoms with Crippen molar-refractivity contribution in [2.45, 2.75) is 6.42 Å². The van der Waals surface area contributed by atoms with E-state index < -0.39 is 0 Å². The molecule has 98 valence electrons. The predicted molar refractivity (Wildman–Crippen MR) is 76.1 cm³/mol. The van der Waals surface area contributed by atoms with Crippen molar-refractivity contribution in [3.05, 3.63) is 54.1 Å². The molecule has 0 bridgehead atoms. The lowest BCUT2D eigenvalue weighted by Gasteiger charge is -2.17. The van der Waals surface area contributed by atoms with Gasteiger partial charge < -0.3 is 15.7 Å². The minimum absolute atomic E-state index is 0.0460. The molecule has 0 saturated heterocycles. The van der Waals surface area contributed by atoms with Gasteiger partial charge in [-0.15, -0.1) is 0 Å². The van der Waals surface area contributed by atoms with Crippen molar-refractivity contribution in [2.75, 3.05) is 17.7 Å². The molecule has 0 aliphatic rings. The molecule has 0 heterocycles. The molecule has 19 heavy (non-hydrogen) atoms. The van der Waals surface area contributed by atoms with Gasteiger partial charge in [0.2, 0.25) is 5.91 Å². The molecule has 0 atom stereocenters. The van der Waals surface area contributed by atoms with E-state index in [2.05, 4.69) is 0 Å². The number of phenolic OH excluding ortho intramolecular Hbond substituents is 1. The van der Waals surface area contributed by atoms with Gasteiger partial charge in [0.05, 0.1) is 6.42 Å². The highest BCUT2D eigenvalue weighted by atomic mass is 16.3. The fraction of sp³-hybridized carbons (Fsp3) is 0.133. The van der Waals surface area contributed by atoms with Crippen LogP contribution in [0.25, 0.3) is 0 Å². The van der Waals surface area contributed by atoms with Gasteiger partial charge in [-0.05, 0) is 42.0 Å². The number of phenols is 1. The molecule has 4 nitrogen and oxygen atoms in total. The summed E-state index contributed by atoms with van der Waals surface area (Å²) >= 11 is 0. The number of benzene rings is 2. The number of hydrogen-bond donors (Lipinski definition) is 2. The average molecular weight is 256 g/mol. The second kappa shape index (κ2) is 5.44. The molecule has 3 N–H and O–H groups in total.